The fraction of sp³-hybridized carbons (Fsp3) is 0.583. The maximum absolute atomic E-state index is 5.81. The molecule has 1 aromatic heterocycles. The number of hydrogen-bond donors (Lipinski definition) is 1. The van der Waals surface area contributed by atoms with Crippen LogP contribution in [0.2, 0.25) is 0 Å². The highest BCUT2D eigenvalue weighted by atomic mass is 79.9. The maximum Gasteiger partial charge on any atom is 0.225 e. The van der Waals surface area contributed by atoms with E-state index >= 15 is 0 Å². The summed E-state index contributed by atoms with van der Waals surface area (Å²) >= 11 is 8.48. The number of rotatable bonds is 3. The first-order valence-electron chi connectivity index (χ1n) is 6.18. The summed E-state index contributed by atoms with van der Waals surface area (Å²) < 4.78 is 0.893. The number of piperazine rings is 1. The first-order valence-corrected chi connectivity index (χ1v) is 7.39. The molecule has 2 N–H and O–H groups in total. The van der Waals surface area contributed by atoms with Crippen molar-refractivity contribution in [1.82, 2.24) is 14.9 Å². The van der Waals surface area contributed by atoms with Crippen LogP contribution in [0.3, 0.4) is 0 Å². The number of nitrogens with two attached hydrogens (primary N) is 1. The Balaban J connectivity index is 1.99. The first kappa shape index (κ1) is 14.6. The highest BCUT2D eigenvalue weighted by Crippen LogP contribution is 2.19. The molecule has 19 heavy (non-hydrogen) atoms. The standard InChI is InChI=1S/C12H18BrN5S/c1-12(2,10(14)19)18-5-3-17(4-6-18)11-15-7-9(13)8-16-11/h7-8H,3-6H2,1-2H3,(H2,14,19). The van der Waals surface area contributed by atoms with E-state index < -0.39 is 0 Å². The van der Waals surface area contributed by atoms with Crippen molar-refractivity contribution >= 4 is 39.1 Å². The lowest BCUT2D eigenvalue weighted by molar-refractivity contribution is 0.167. The summed E-state index contributed by atoms with van der Waals surface area (Å²) in [6.07, 6.45) is 3.54. The molecule has 0 saturated carbocycles. The summed E-state index contributed by atoms with van der Waals surface area (Å²) in [5, 5.41) is 0. The number of aromatic nitrogens is 2. The molecule has 1 fully saturated rings. The monoisotopic (exact) mass is 343 g/mol. The highest BCUT2D eigenvalue weighted by Gasteiger charge is 2.32. The minimum absolute atomic E-state index is 0.234. The van der Waals surface area contributed by atoms with E-state index in [0.29, 0.717) is 4.99 Å². The van der Waals surface area contributed by atoms with Gasteiger partial charge in [0.2, 0.25) is 5.95 Å². The summed E-state index contributed by atoms with van der Waals surface area (Å²) in [5.41, 5.74) is 5.58. The summed E-state index contributed by atoms with van der Waals surface area (Å²) in [6.45, 7) is 7.72. The van der Waals surface area contributed by atoms with E-state index in [4.69, 9.17) is 18.0 Å². The van der Waals surface area contributed by atoms with Crippen molar-refractivity contribution < 1.29 is 0 Å². The van der Waals surface area contributed by atoms with Crippen LogP contribution in [0.25, 0.3) is 0 Å². The Hall–Kier alpha value is -0.790. The Bertz CT molecular complexity index is 454. The lowest BCUT2D eigenvalue weighted by atomic mass is 10.0. The van der Waals surface area contributed by atoms with Crippen LogP contribution in [0.15, 0.2) is 16.9 Å². The fourth-order valence-corrected chi connectivity index (χ4v) is 2.42. The molecule has 0 radical (unpaired) electrons. The zero-order chi connectivity index (χ0) is 14.0. The Morgan fingerprint density at radius 1 is 1.26 bits per heavy atom. The van der Waals surface area contributed by atoms with Gasteiger partial charge in [0.1, 0.15) is 0 Å². The Morgan fingerprint density at radius 3 is 2.26 bits per heavy atom. The second kappa shape index (κ2) is 5.68. The molecule has 0 unspecified atom stereocenters. The van der Waals surface area contributed by atoms with E-state index in [1.807, 2.05) is 0 Å². The van der Waals surface area contributed by atoms with Crippen molar-refractivity contribution in [2.24, 2.45) is 5.73 Å². The third-order valence-corrected chi connectivity index (χ3v) is 4.47. The van der Waals surface area contributed by atoms with E-state index in [1.165, 1.54) is 0 Å². The zero-order valence-corrected chi connectivity index (χ0v) is 13.5. The Labute approximate surface area is 127 Å². The normalized spacial score (nSPS) is 17.5. The zero-order valence-electron chi connectivity index (χ0n) is 11.1. The summed E-state index contributed by atoms with van der Waals surface area (Å²) in [7, 11) is 0. The van der Waals surface area contributed by atoms with Crippen LogP contribution >= 0.6 is 28.1 Å². The van der Waals surface area contributed by atoms with Gasteiger partial charge < -0.3 is 10.6 Å². The van der Waals surface area contributed by atoms with Crippen LogP contribution in [0, 0.1) is 0 Å². The van der Waals surface area contributed by atoms with Gasteiger partial charge in [-0.15, -0.1) is 0 Å². The van der Waals surface area contributed by atoms with Crippen molar-refractivity contribution in [2.75, 3.05) is 31.1 Å². The van der Waals surface area contributed by atoms with Crippen molar-refractivity contribution in [3.63, 3.8) is 0 Å². The molecule has 1 aromatic rings. The van der Waals surface area contributed by atoms with Gasteiger partial charge in [0.25, 0.3) is 0 Å². The topological polar surface area (TPSA) is 58.3 Å². The van der Waals surface area contributed by atoms with Crippen LogP contribution in [0.1, 0.15) is 13.8 Å². The van der Waals surface area contributed by atoms with Crippen LogP contribution in [-0.2, 0) is 0 Å². The molecule has 104 valence electrons. The van der Waals surface area contributed by atoms with E-state index in [9.17, 15) is 0 Å². The van der Waals surface area contributed by atoms with Gasteiger partial charge in [-0.05, 0) is 29.8 Å². The molecule has 2 rings (SSSR count). The molecular formula is C12H18BrN5S. The second-order valence-corrected chi connectivity index (χ2v) is 6.45. The van der Waals surface area contributed by atoms with Gasteiger partial charge in [0.05, 0.1) is 15.0 Å². The molecule has 2 heterocycles. The fourth-order valence-electron chi connectivity index (χ4n) is 2.09. The van der Waals surface area contributed by atoms with Gasteiger partial charge >= 0.3 is 0 Å². The molecule has 0 aromatic carbocycles. The summed E-state index contributed by atoms with van der Waals surface area (Å²) in [5.74, 6) is 0.774. The van der Waals surface area contributed by atoms with Gasteiger partial charge in [0, 0.05) is 38.6 Å². The molecule has 1 saturated heterocycles. The molecule has 1 aliphatic rings. The highest BCUT2D eigenvalue weighted by molar-refractivity contribution is 9.10. The van der Waals surface area contributed by atoms with Gasteiger partial charge in [-0.2, -0.15) is 0 Å². The lowest BCUT2D eigenvalue weighted by Gasteiger charge is -2.43. The van der Waals surface area contributed by atoms with E-state index in [-0.39, 0.29) is 5.54 Å². The van der Waals surface area contributed by atoms with Crippen LogP contribution < -0.4 is 10.6 Å². The summed E-state index contributed by atoms with van der Waals surface area (Å²) in [6, 6.07) is 0. The van der Waals surface area contributed by atoms with Gasteiger partial charge in [-0.1, -0.05) is 12.2 Å². The number of hydrogen-bond acceptors (Lipinski definition) is 5. The predicted octanol–water partition coefficient (Wildman–Crippen LogP) is 1.43. The third kappa shape index (κ3) is 3.21. The van der Waals surface area contributed by atoms with Crippen molar-refractivity contribution in [2.45, 2.75) is 19.4 Å². The number of halogens is 1. The molecule has 1 aliphatic heterocycles. The number of nitrogens with zero attached hydrogens (tertiary/aromatic N) is 4. The molecule has 0 amide bonds. The van der Waals surface area contributed by atoms with E-state index in [0.717, 1.165) is 36.6 Å². The SMILES string of the molecule is CC(C)(C(N)=S)N1CCN(c2ncc(Br)cn2)CC1. The van der Waals surface area contributed by atoms with Gasteiger partial charge in [0.15, 0.2) is 0 Å². The third-order valence-electron chi connectivity index (χ3n) is 3.56. The Morgan fingerprint density at radius 2 is 1.79 bits per heavy atom. The summed E-state index contributed by atoms with van der Waals surface area (Å²) in [4.78, 5) is 13.7. The van der Waals surface area contributed by atoms with Crippen molar-refractivity contribution in [3.05, 3.63) is 16.9 Å². The molecule has 5 nitrogen and oxygen atoms in total. The molecule has 0 aliphatic carbocycles. The minimum atomic E-state index is -0.234. The Kier molecular flexibility index (Phi) is 4.37. The molecule has 0 atom stereocenters. The van der Waals surface area contributed by atoms with Crippen LogP contribution in [0.4, 0.5) is 5.95 Å². The molecule has 0 bridgehead atoms. The average Bonchev–Trinajstić information content (AvgIpc) is 2.39. The van der Waals surface area contributed by atoms with Crippen LogP contribution in [0.5, 0.6) is 0 Å². The first-order chi connectivity index (χ1) is 8.91. The number of thiocarbonyl (C=S) groups is 1. The predicted molar refractivity (Wildman–Crippen MR) is 84.4 cm³/mol. The molecular weight excluding hydrogens is 326 g/mol. The maximum atomic E-state index is 5.81. The van der Waals surface area contributed by atoms with Gasteiger partial charge in [-0.25, -0.2) is 9.97 Å². The van der Waals surface area contributed by atoms with Crippen molar-refractivity contribution in [1.29, 1.82) is 0 Å². The lowest BCUT2D eigenvalue weighted by Crippen LogP contribution is -2.59. The average molecular weight is 344 g/mol. The smallest absolute Gasteiger partial charge is 0.225 e. The molecule has 7 heteroatoms. The second-order valence-electron chi connectivity index (χ2n) is 5.10. The van der Waals surface area contributed by atoms with Crippen LogP contribution in [-0.4, -0.2) is 51.6 Å². The quantitative estimate of drug-likeness (QED) is 0.837. The van der Waals surface area contributed by atoms with Crippen molar-refractivity contribution in [3.8, 4) is 0 Å². The number of anilines is 1. The minimum Gasteiger partial charge on any atom is -0.392 e. The van der Waals surface area contributed by atoms with Gasteiger partial charge in [-0.3, -0.25) is 4.90 Å². The largest absolute Gasteiger partial charge is 0.392 e. The van der Waals surface area contributed by atoms with E-state index in [1.54, 1.807) is 12.4 Å². The molecule has 0 spiro atoms. The van der Waals surface area contributed by atoms with E-state index in [2.05, 4.69) is 49.5 Å².